The molecule has 0 N–H and O–H groups in total. The van der Waals surface area contributed by atoms with Crippen molar-refractivity contribution in [3.63, 3.8) is 0 Å². The third kappa shape index (κ3) is 5.84. The van der Waals surface area contributed by atoms with Gasteiger partial charge in [0.2, 0.25) is 0 Å². The Morgan fingerprint density at radius 3 is 2.11 bits per heavy atom. The first-order chi connectivity index (χ1) is 32.2. The highest BCUT2D eigenvalue weighted by Gasteiger charge is 2.44. The molecule has 65 heavy (non-hydrogen) atoms. The van der Waals surface area contributed by atoms with Crippen molar-refractivity contribution in [2.45, 2.75) is 32.1 Å². The van der Waals surface area contributed by atoms with Crippen molar-refractivity contribution >= 4 is 60.3 Å². The zero-order valence-corrected chi connectivity index (χ0v) is 36.1. The minimum absolute atomic E-state index is 0.228. The lowest BCUT2D eigenvalue weighted by Crippen LogP contribution is -2.32. The molecule has 0 spiro atoms. The molecule has 3 nitrogen and oxygen atoms in total. The van der Waals surface area contributed by atoms with Crippen LogP contribution in [-0.4, -0.2) is 16.4 Å². The summed E-state index contributed by atoms with van der Waals surface area (Å²) in [5.41, 5.74) is 18.4. The van der Waals surface area contributed by atoms with Gasteiger partial charge in [-0.3, -0.25) is 9.98 Å². The lowest BCUT2D eigenvalue weighted by atomic mass is 9.68. The highest BCUT2D eigenvalue weighted by Crippen LogP contribution is 2.53. The number of hydrogen-bond donors (Lipinski definition) is 0. The molecular weight excluding hydrogens is 787 g/mol. The molecule has 2 aliphatic heterocycles. The summed E-state index contributed by atoms with van der Waals surface area (Å²) < 4.78 is 0. The van der Waals surface area contributed by atoms with Crippen molar-refractivity contribution in [2.24, 2.45) is 33.7 Å². The number of pyridine rings is 1. The standard InChI is InChI=1S/C62H45N3/c1-2-11-37(12-3-1)56-31-25-38-21-22-39-26-32-57(64-62(39)61(38)63-56)43-24-28-50-49-27-23-41(34-53(49)46-17-6-7-18-47(46)54(50)36-43)40-14-10-15-44(33-40)60-52-30-29-48-45-16-5-4-13-42(45)35-55(48)59(52)51-19-8-9-20-58(51)65-60/h1-8,10-19,21-24,26-30,32-34,36,42,45,52,59H,9,20,25,31,35H2. The van der Waals surface area contributed by atoms with Crippen molar-refractivity contribution in [3.05, 3.63) is 227 Å². The van der Waals surface area contributed by atoms with Crippen LogP contribution in [0, 0.1) is 23.7 Å². The molecule has 14 rings (SSSR count). The highest BCUT2D eigenvalue weighted by molar-refractivity contribution is 6.26. The predicted octanol–water partition coefficient (Wildman–Crippen LogP) is 15.4. The second-order valence-corrected chi connectivity index (χ2v) is 18.8. The minimum Gasteiger partial charge on any atom is -0.256 e. The number of benzene rings is 7. The number of rotatable bonds is 4. The summed E-state index contributed by atoms with van der Waals surface area (Å²) in [6.45, 7) is 0. The van der Waals surface area contributed by atoms with Gasteiger partial charge in [-0.1, -0.05) is 169 Å². The monoisotopic (exact) mass is 831 g/mol. The van der Waals surface area contributed by atoms with Crippen molar-refractivity contribution < 1.29 is 0 Å². The molecule has 4 atom stereocenters. The van der Waals surface area contributed by atoms with Gasteiger partial charge in [-0.25, -0.2) is 4.98 Å². The Morgan fingerprint density at radius 1 is 0.492 bits per heavy atom. The van der Waals surface area contributed by atoms with Gasteiger partial charge >= 0.3 is 0 Å². The summed E-state index contributed by atoms with van der Waals surface area (Å²) in [5.74, 6) is 1.65. The number of aromatic nitrogens is 1. The Hall–Kier alpha value is -7.49. The van der Waals surface area contributed by atoms with Gasteiger partial charge in [-0.05, 0) is 134 Å². The molecule has 0 saturated heterocycles. The fourth-order valence-corrected chi connectivity index (χ4v) is 12.1. The molecule has 8 aromatic rings. The number of fused-ring (bicyclic) bond motifs is 14. The Morgan fingerprint density at radius 2 is 1.23 bits per heavy atom. The van der Waals surface area contributed by atoms with Gasteiger partial charge in [0.1, 0.15) is 0 Å². The number of aryl methyl sites for hydroxylation is 1. The smallest absolute Gasteiger partial charge is 0.0968 e. The average Bonchev–Trinajstić information content (AvgIpc) is 3.77. The summed E-state index contributed by atoms with van der Waals surface area (Å²) in [6, 6.07) is 51.5. The third-order valence-electron chi connectivity index (χ3n) is 15.3. The highest BCUT2D eigenvalue weighted by atomic mass is 14.8. The second-order valence-electron chi connectivity index (χ2n) is 18.8. The SMILES string of the molecule is C1=CC2CC3=C(C=CC4C(c5cccc(-c6ccc7c8ccc(-c9ccc%10ccc%11c(c%10n9)N=C(c9ccccc9)CC%11)cc8c8ccccc8c7c6)c5)=NC5=C(C=CCC5)C34)C2C=C1. The summed E-state index contributed by atoms with van der Waals surface area (Å²) in [6.07, 6.45) is 24.1. The molecule has 0 radical (unpaired) electrons. The molecule has 1 aromatic heterocycles. The van der Waals surface area contributed by atoms with Gasteiger partial charge in [-0.15, -0.1) is 0 Å². The Balaban J connectivity index is 0.845. The normalized spacial score (nSPS) is 21.7. The van der Waals surface area contributed by atoms with Crippen molar-refractivity contribution in [1.29, 1.82) is 0 Å². The van der Waals surface area contributed by atoms with E-state index in [1.165, 1.54) is 77.1 Å². The first-order valence-electron chi connectivity index (χ1n) is 23.5. The molecule has 0 amide bonds. The molecule has 3 heterocycles. The molecule has 308 valence electrons. The van der Waals surface area contributed by atoms with E-state index in [0.717, 1.165) is 65.7 Å². The van der Waals surface area contributed by atoms with Crippen molar-refractivity contribution in [1.82, 2.24) is 4.98 Å². The summed E-state index contributed by atoms with van der Waals surface area (Å²) in [4.78, 5) is 16.1. The van der Waals surface area contributed by atoms with Gasteiger partial charge in [0.25, 0.3) is 0 Å². The van der Waals surface area contributed by atoms with Crippen LogP contribution in [0.4, 0.5) is 5.69 Å². The largest absolute Gasteiger partial charge is 0.256 e. The zero-order chi connectivity index (χ0) is 42.6. The van der Waals surface area contributed by atoms with Gasteiger partial charge in [0.15, 0.2) is 0 Å². The maximum absolute atomic E-state index is 5.53. The van der Waals surface area contributed by atoms with Crippen LogP contribution in [0.3, 0.4) is 0 Å². The van der Waals surface area contributed by atoms with Crippen molar-refractivity contribution in [3.8, 4) is 22.4 Å². The van der Waals surface area contributed by atoms with Crippen LogP contribution in [0.2, 0.25) is 0 Å². The lowest BCUT2D eigenvalue weighted by molar-refractivity contribution is 0.551. The third-order valence-corrected chi connectivity index (χ3v) is 15.3. The molecule has 4 aliphatic carbocycles. The summed E-state index contributed by atoms with van der Waals surface area (Å²) >= 11 is 0. The summed E-state index contributed by atoms with van der Waals surface area (Å²) in [5, 5.41) is 8.65. The molecule has 0 saturated carbocycles. The van der Waals surface area contributed by atoms with E-state index in [4.69, 9.17) is 15.0 Å². The molecule has 0 bridgehead atoms. The van der Waals surface area contributed by atoms with Gasteiger partial charge < -0.3 is 0 Å². The topological polar surface area (TPSA) is 37.6 Å². The predicted molar refractivity (Wildman–Crippen MR) is 271 cm³/mol. The Labute approximate surface area is 379 Å². The van der Waals surface area contributed by atoms with Gasteiger partial charge in [-0.2, -0.15) is 0 Å². The second kappa shape index (κ2) is 14.5. The van der Waals surface area contributed by atoms with Crippen molar-refractivity contribution in [2.75, 3.05) is 0 Å². The van der Waals surface area contributed by atoms with E-state index >= 15 is 0 Å². The van der Waals surface area contributed by atoms with Crippen LogP contribution in [0.5, 0.6) is 0 Å². The minimum atomic E-state index is 0.228. The molecule has 6 aliphatic rings. The van der Waals surface area contributed by atoms with Crippen LogP contribution >= 0.6 is 0 Å². The fourth-order valence-electron chi connectivity index (χ4n) is 12.1. The molecular formula is C62H45N3. The van der Waals surface area contributed by atoms with Crippen LogP contribution < -0.4 is 0 Å². The van der Waals surface area contributed by atoms with Crippen LogP contribution in [-0.2, 0) is 6.42 Å². The fraction of sp³-hybridized carbons (Fsp3) is 0.145. The van der Waals surface area contributed by atoms with E-state index in [-0.39, 0.29) is 5.92 Å². The maximum Gasteiger partial charge on any atom is 0.0968 e. The number of allylic oxidation sites excluding steroid dienone is 12. The van der Waals surface area contributed by atoms with E-state index in [9.17, 15) is 0 Å². The van der Waals surface area contributed by atoms with Crippen LogP contribution in [0.15, 0.2) is 221 Å². The van der Waals surface area contributed by atoms with E-state index < -0.39 is 0 Å². The quantitative estimate of drug-likeness (QED) is 0.163. The van der Waals surface area contributed by atoms with Gasteiger partial charge in [0, 0.05) is 40.1 Å². The lowest BCUT2D eigenvalue weighted by Gasteiger charge is -2.37. The first kappa shape index (κ1) is 36.9. The number of hydrogen-bond acceptors (Lipinski definition) is 3. The average molecular weight is 832 g/mol. The van der Waals surface area contributed by atoms with E-state index in [1.807, 2.05) is 0 Å². The molecule has 7 aromatic carbocycles. The maximum atomic E-state index is 5.53. The Bertz CT molecular complexity index is 3620. The molecule has 4 unspecified atom stereocenters. The number of aliphatic imine (C=N–C) groups is 2. The van der Waals surface area contributed by atoms with E-state index in [1.54, 1.807) is 11.1 Å². The zero-order valence-electron chi connectivity index (χ0n) is 36.1. The van der Waals surface area contributed by atoms with Crippen LogP contribution in [0.1, 0.15) is 42.4 Å². The molecule has 0 fully saturated rings. The van der Waals surface area contributed by atoms with E-state index in [2.05, 4.69) is 188 Å². The van der Waals surface area contributed by atoms with Crippen LogP contribution in [0.25, 0.3) is 65.6 Å². The first-order valence-corrected chi connectivity index (χ1v) is 23.5. The molecule has 3 heteroatoms. The Kier molecular flexibility index (Phi) is 8.25. The van der Waals surface area contributed by atoms with Gasteiger partial charge in [0.05, 0.1) is 22.6 Å². The number of nitrogens with zero attached hydrogens (tertiary/aromatic N) is 3. The van der Waals surface area contributed by atoms with E-state index in [0.29, 0.717) is 17.8 Å². The summed E-state index contributed by atoms with van der Waals surface area (Å²) in [7, 11) is 0.